The van der Waals surface area contributed by atoms with E-state index in [4.69, 9.17) is 5.73 Å². The van der Waals surface area contributed by atoms with Crippen LogP contribution in [-0.2, 0) is 15.6 Å². The van der Waals surface area contributed by atoms with Crippen LogP contribution in [0.2, 0.25) is 0 Å². The second-order valence-corrected chi connectivity index (χ2v) is 6.66. The molecule has 1 atom stereocenters. The lowest BCUT2D eigenvalue weighted by Gasteiger charge is -2.28. The molecule has 0 saturated carbocycles. The fourth-order valence-corrected chi connectivity index (χ4v) is 2.25. The summed E-state index contributed by atoms with van der Waals surface area (Å²) in [6, 6.07) is 4.37. The smallest absolute Gasteiger partial charge is 0.314 e. The third-order valence-electron chi connectivity index (χ3n) is 2.82. The molecule has 1 rings (SSSR count). The molecule has 0 spiro atoms. The maximum Gasteiger partial charge on any atom is 0.410 e. The maximum atomic E-state index is 12.7. The van der Waals surface area contributed by atoms with Crippen molar-refractivity contribution in [2.24, 2.45) is 5.73 Å². The molecule has 0 bridgehead atoms. The third-order valence-corrected chi connectivity index (χ3v) is 4.65. The molecule has 0 aliphatic carbocycles. The standard InChI is InChI=1S/C11H15F3N2O2S/c1-10(15,11(12,13)14)8-4-6-9(7-5-8)19(17,18)16(2)3/h4-7H,15H2,1-3H3. The van der Waals surface area contributed by atoms with E-state index < -0.39 is 21.7 Å². The van der Waals surface area contributed by atoms with Gasteiger partial charge in [0.1, 0.15) is 5.54 Å². The Labute approximate surface area is 110 Å². The monoisotopic (exact) mass is 296 g/mol. The molecule has 0 heterocycles. The van der Waals surface area contributed by atoms with Gasteiger partial charge in [-0.05, 0) is 24.6 Å². The van der Waals surface area contributed by atoms with Gasteiger partial charge in [0.15, 0.2) is 0 Å². The zero-order valence-electron chi connectivity index (χ0n) is 10.7. The van der Waals surface area contributed by atoms with Gasteiger partial charge >= 0.3 is 6.18 Å². The van der Waals surface area contributed by atoms with Crippen LogP contribution in [0.15, 0.2) is 29.2 Å². The molecule has 1 aromatic carbocycles. The van der Waals surface area contributed by atoms with Crippen molar-refractivity contribution in [2.45, 2.75) is 23.5 Å². The summed E-state index contributed by atoms with van der Waals surface area (Å²) in [5.74, 6) is 0. The Morgan fingerprint density at radius 1 is 1.11 bits per heavy atom. The van der Waals surface area contributed by atoms with Crippen LogP contribution >= 0.6 is 0 Å². The molecular weight excluding hydrogens is 281 g/mol. The molecule has 0 aliphatic rings. The fourth-order valence-electron chi connectivity index (χ4n) is 1.35. The SMILES string of the molecule is CN(C)S(=O)(=O)c1ccc(C(C)(N)C(F)(F)F)cc1. The highest BCUT2D eigenvalue weighted by Gasteiger charge is 2.49. The number of hydrogen-bond donors (Lipinski definition) is 1. The minimum absolute atomic E-state index is 0.0841. The van der Waals surface area contributed by atoms with Gasteiger partial charge in [0.05, 0.1) is 4.90 Å². The number of nitrogens with two attached hydrogens (primary N) is 1. The molecule has 0 aromatic heterocycles. The number of alkyl halides is 3. The summed E-state index contributed by atoms with van der Waals surface area (Å²) in [5, 5.41) is 0. The molecule has 108 valence electrons. The van der Waals surface area contributed by atoms with Crippen molar-refractivity contribution < 1.29 is 21.6 Å². The lowest BCUT2D eigenvalue weighted by molar-refractivity contribution is -0.184. The second kappa shape index (κ2) is 4.77. The Balaban J connectivity index is 3.22. The van der Waals surface area contributed by atoms with Crippen LogP contribution in [0, 0.1) is 0 Å². The van der Waals surface area contributed by atoms with Crippen molar-refractivity contribution in [1.82, 2.24) is 4.31 Å². The number of sulfonamides is 1. The van der Waals surface area contributed by atoms with Crippen molar-refractivity contribution in [1.29, 1.82) is 0 Å². The first-order chi connectivity index (χ1) is 8.40. The average Bonchev–Trinajstić information content (AvgIpc) is 2.27. The number of nitrogens with zero attached hydrogens (tertiary/aromatic N) is 1. The van der Waals surface area contributed by atoms with E-state index in [0.717, 1.165) is 35.5 Å². The quantitative estimate of drug-likeness (QED) is 0.923. The van der Waals surface area contributed by atoms with E-state index in [1.807, 2.05) is 0 Å². The van der Waals surface area contributed by atoms with Gasteiger partial charge in [-0.15, -0.1) is 0 Å². The van der Waals surface area contributed by atoms with Gasteiger partial charge in [-0.3, -0.25) is 0 Å². The predicted molar refractivity (Wildman–Crippen MR) is 64.9 cm³/mol. The summed E-state index contributed by atoms with van der Waals surface area (Å²) >= 11 is 0. The van der Waals surface area contributed by atoms with E-state index in [1.165, 1.54) is 14.1 Å². The number of halogens is 3. The zero-order chi connectivity index (χ0) is 15.1. The molecule has 0 fully saturated rings. The summed E-state index contributed by atoms with van der Waals surface area (Å²) in [6.45, 7) is 0.836. The van der Waals surface area contributed by atoms with E-state index in [2.05, 4.69) is 0 Å². The molecular formula is C11H15F3N2O2S. The highest BCUT2D eigenvalue weighted by molar-refractivity contribution is 7.89. The van der Waals surface area contributed by atoms with Gasteiger partial charge in [0.25, 0.3) is 0 Å². The van der Waals surface area contributed by atoms with Crippen LogP contribution in [0.1, 0.15) is 12.5 Å². The Bertz CT molecular complexity index is 548. The van der Waals surface area contributed by atoms with Gasteiger partial charge < -0.3 is 5.73 Å². The van der Waals surface area contributed by atoms with Crippen molar-refractivity contribution in [3.05, 3.63) is 29.8 Å². The second-order valence-electron chi connectivity index (χ2n) is 4.51. The minimum atomic E-state index is -4.62. The summed E-state index contributed by atoms with van der Waals surface area (Å²) < 4.78 is 62.7. The highest BCUT2D eigenvalue weighted by atomic mass is 32.2. The number of hydrogen-bond acceptors (Lipinski definition) is 3. The molecule has 1 aromatic rings. The predicted octanol–water partition coefficient (Wildman–Crippen LogP) is 1.67. The summed E-state index contributed by atoms with van der Waals surface area (Å²) in [7, 11) is -0.985. The zero-order valence-corrected chi connectivity index (χ0v) is 11.5. The molecule has 2 N–H and O–H groups in total. The van der Waals surface area contributed by atoms with Crippen LogP contribution in [0.25, 0.3) is 0 Å². The lowest BCUT2D eigenvalue weighted by atomic mass is 9.93. The van der Waals surface area contributed by atoms with Crippen LogP contribution in [0.5, 0.6) is 0 Å². The lowest BCUT2D eigenvalue weighted by Crippen LogP contribution is -2.47. The van der Waals surface area contributed by atoms with E-state index in [-0.39, 0.29) is 10.5 Å². The van der Waals surface area contributed by atoms with Crippen molar-refractivity contribution in [2.75, 3.05) is 14.1 Å². The molecule has 4 nitrogen and oxygen atoms in total. The Hall–Kier alpha value is -1.12. The van der Waals surface area contributed by atoms with E-state index >= 15 is 0 Å². The summed E-state index contributed by atoms with van der Waals surface area (Å²) in [4.78, 5) is -0.0841. The Kier molecular flexibility index (Phi) is 4.00. The minimum Gasteiger partial charge on any atom is -0.314 e. The molecule has 8 heteroatoms. The average molecular weight is 296 g/mol. The molecule has 1 unspecified atom stereocenters. The van der Waals surface area contributed by atoms with Crippen molar-refractivity contribution in [3.63, 3.8) is 0 Å². The van der Waals surface area contributed by atoms with E-state index in [9.17, 15) is 21.6 Å². The molecule has 19 heavy (non-hydrogen) atoms. The van der Waals surface area contributed by atoms with Gasteiger partial charge in [0, 0.05) is 14.1 Å². The van der Waals surface area contributed by atoms with E-state index in [0.29, 0.717) is 0 Å². The fraction of sp³-hybridized carbons (Fsp3) is 0.455. The van der Waals surface area contributed by atoms with Gasteiger partial charge in [-0.2, -0.15) is 13.2 Å². The Morgan fingerprint density at radius 2 is 1.53 bits per heavy atom. The van der Waals surface area contributed by atoms with Crippen LogP contribution in [0.3, 0.4) is 0 Å². The Morgan fingerprint density at radius 3 is 1.84 bits per heavy atom. The van der Waals surface area contributed by atoms with Crippen LogP contribution < -0.4 is 5.73 Å². The van der Waals surface area contributed by atoms with Gasteiger partial charge in [-0.1, -0.05) is 12.1 Å². The summed E-state index contributed by atoms with van der Waals surface area (Å²) in [6.07, 6.45) is -4.62. The molecule has 0 radical (unpaired) electrons. The third kappa shape index (κ3) is 2.90. The first-order valence-corrected chi connectivity index (χ1v) is 6.73. The highest BCUT2D eigenvalue weighted by Crippen LogP contribution is 2.36. The largest absolute Gasteiger partial charge is 0.410 e. The number of rotatable bonds is 3. The molecule has 0 amide bonds. The first kappa shape index (κ1) is 15.9. The van der Waals surface area contributed by atoms with Crippen LogP contribution in [0.4, 0.5) is 13.2 Å². The first-order valence-electron chi connectivity index (χ1n) is 5.29. The molecule has 0 saturated heterocycles. The maximum absolute atomic E-state index is 12.7. The van der Waals surface area contributed by atoms with E-state index in [1.54, 1.807) is 0 Å². The van der Waals surface area contributed by atoms with Crippen molar-refractivity contribution >= 4 is 10.0 Å². The van der Waals surface area contributed by atoms with Crippen LogP contribution in [-0.4, -0.2) is 33.0 Å². The normalized spacial score (nSPS) is 16.4. The molecule has 0 aliphatic heterocycles. The topological polar surface area (TPSA) is 63.4 Å². The summed E-state index contributed by atoms with van der Waals surface area (Å²) in [5.41, 5.74) is 2.53. The van der Waals surface area contributed by atoms with Gasteiger partial charge in [-0.25, -0.2) is 12.7 Å². The number of benzene rings is 1. The van der Waals surface area contributed by atoms with Crippen molar-refractivity contribution in [3.8, 4) is 0 Å². The van der Waals surface area contributed by atoms with Gasteiger partial charge in [0.2, 0.25) is 10.0 Å².